The lowest BCUT2D eigenvalue weighted by Crippen LogP contribution is -2.42. The number of hydrogen-bond donors (Lipinski definition) is 1. The van der Waals surface area contributed by atoms with Crippen molar-refractivity contribution in [1.82, 2.24) is 10.2 Å². The first-order valence-corrected chi connectivity index (χ1v) is 12.0. The number of thiophene rings is 1. The quantitative estimate of drug-likeness (QED) is 0.465. The van der Waals surface area contributed by atoms with E-state index in [1.54, 1.807) is 18.4 Å². The van der Waals surface area contributed by atoms with Crippen molar-refractivity contribution in [2.45, 2.75) is 38.9 Å². The van der Waals surface area contributed by atoms with Crippen molar-refractivity contribution in [1.29, 1.82) is 0 Å². The number of nitrogens with one attached hydrogen (secondary N) is 1. The molecular formula is C26H30N2O4S. The molecule has 0 spiro atoms. The number of carbonyl (C=O) groups is 1. The number of fused-ring (bicyclic) bond motifs is 1. The number of ether oxygens (including phenoxy) is 3. The van der Waals surface area contributed by atoms with E-state index in [0.717, 1.165) is 34.8 Å². The molecule has 0 radical (unpaired) electrons. The summed E-state index contributed by atoms with van der Waals surface area (Å²) in [6.07, 6.45) is 0.902. The molecule has 1 aliphatic heterocycles. The van der Waals surface area contributed by atoms with E-state index in [9.17, 15) is 4.79 Å². The lowest BCUT2D eigenvalue weighted by Gasteiger charge is -2.29. The Balaban J connectivity index is 1.42. The smallest absolute Gasteiger partial charge is 0.234 e. The zero-order valence-corrected chi connectivity index (χ0v) is 20.1. The molecule has 2 unspecified atom stereocenters. The summed E-state index contributed by atoms with van der Waals surface area (Å²) in [6.45, 7) is 5.40. The van der Waals surface area contributed by atoms with Crippen molar-refractivity contribution in [2.75, 3.05) is 20.4 Å². The first-order chi connectivity index (χ1) is 16.0. The minimum absolute atomic E-state index is 0.00768. The number of nitrogens with zero attached hydrogens (tertiary/aromatic N) is 1. The number of methoxy groups -OCH3 is 1. The van der Waals surface area contributed by atoms with Gasteiger partial charge in [0.15, 0.2) is 11.5 Å². The Labute approximate surface area is 199 Å². The maximum atomic E-state index is 13.0. The van der Waals surface area contributed by atoms with Gasteiger partial charge in [-0.05, 0) is 67.1 Å². The third-order valence-corrected chi connectivity index (χ3v) is 6.76. The average molecular weight is 467 g/mol. The lowest BCUT2D eigenvalue weighted by molar-refractivity contribution is -0.123. The first kappa shape index (κ1) is 23.1. The van der Waals surface area contributed by atoms with Crippen LogP contribution in [0.4, 0.5) is 0 Å². The van der Waals surface area contributed by atoms with Crippen LogP contribution in [-0.4, -0.2) is 37.3 Å². The van der Waals surface area contributed by atoms with Crippen LogP contribution in [0.5, 0.6) is 17.2 Å². The fourth-order valence-electron chi connectivity index (χ4n) is 3.92. The fourth-order valence-corrected chi connectivity index (χ4v) is 4.75. The van der Waals surface area contributed by atoms with Crippen LogP contribution in [0.15, 0.2) is 60.0 Å². The Hall–Kier alpha value is -3.03. The molecule has 7 heteroatoms. The second-order valence-corrected chi connectivity index (χ2v) is 9.32. The third kappa shape index (κ3) is 6.06. The summed E-state index contributed by atoms with van der Waals surface area (Å²) in [5.74, 6) is 2.28. The van der Waals surface area contributed by atoms with Crippen molar-refractivity contribution >= 4 is 17.2 Å². The predicted octanol–water partition coefficient (Wildman–Crippen LogP) is 4.80. The minimum atomic E-state index is -0.137. The Kier molecular flexibility index (Phi) is 7.52. The Morgan fingerprint density at radius 1 is 1.12 bits per heavy atom. The van der Waals surface area contributed by atoms with Gasteiger partial charge in [-0.15, -0.1) is 11.3 Å². The minimum Gasteiger partial charge on any atom is -0.497 e. The molecule has 0 saturated heterocycles. The predicted molar refractivity (Wildman–Crippen MR) is 130 cm³/mol. The summed E-state index contributed by atoms with van der Waals surface area (Å²) in [5.41, 5.74) is 2.13. The Morgan fingerprint density at radius 2 is 1.91 bits per heavy atom. The zero-order chi connectivity index (χ0) is 23.2. The molecule has 33 heavy (non-hydrogen) atoms. The molecule has 6 nitrogen and oxygen atoms in total. The summed E-state index contributed by atoms with van der Waals surface area (Å²) in [7, 11) is 1.66. The number of hydrogen-bond acceptors (Lipinski definition) is 6. The van der Waals surface area contributed by atoms with E-state index in [4.69, 9.17) is 14.2 Å². The molecule has 2 aromatic carbocycles. The van der Waals surface area contributed by atoms with Crippen LogP contribution < -0.4 is 19.5 Å². The second kappa shape index (κ2) is 10.7. The van der Waals surface area contributed by atoms with E-state index < -0.39 is 0 Å². The largest absolute Gasteiger partial charge is 0.497 e. The normalized spacial score (nSPS) is 14.2. The molecule has 2 heterocycles. The van der Waals surface area contributed by atoms with E-state index in [1.165, 1.54) is 4.88 Å². The number of amides is 1. The molecule has 0 bridgehead atoms. The van der Waals surface area contributed by atoms with Gasteiger partial charge in [-0.3, -0.25) is 9.69 Å². The summed E-state index contributed by atoms with van der Waals surface area (Å²) < 4.78 is 16.1. The van der Waals surface area contributed by atoms with Crippen molar-refractivity contribution in [2.24, 2.45) is 0 Å². The molecule has 1 aliphatic rings. The molecular weight excluding hydrogens is 436 g/mol. The van der Waals surface area contributed by atoms with Gasteiger partial charge in [-0.25, -0.2) is 0 Å². The molecule has 0 fully saturated rings. The van der Waals surface area contributed by atoms with E-state index in [0.29, 0.717) is 13.1 Å². The van der Waals surface area contributed by atoms with Gasteiger partial charge in [0.05, 0.1) is 19.7 Å². The summed E-state index contributed by atoms with van der Waals surface area (Å²) in [6, 6.07) is 18.1. The highest BCUT2D eigenvalue weighted by Gasteiger charge is 2.21. The number of rotatable bonds is 10. The van der Waals surface area contributed by atoms with Crippen LogP contribution in [0.1, 0.15) is 35.9 Å². The molecule has 0 aliphatic carbocycles. The van der Waals surface area contributed by atoms with E-state index in [-0.39, 0.29) is 24.8 Å². The first-order valence-electron chi connectivity index (χ1n) is 11.1. The summed E-state index contributed by atoms with van der Waals surface area (Å²) in [4.78, 5) is 16.6. The van der Waals surface area contributed by atoms with Crippen LogP contribution in [0, 0.1) is 0 Å². The lowest BCUT2D eigenvalue weighted by atomic mass is 10.1. The van der Waals surface area contributed by atoms with Crippen LogP contribution in [0.2, 0.25) is 0 Å². The van der Waals surface area contributed by atoms with Crippen LogP contribution in [0.25, 0.3) is 0 Å². The van der Waals surface area contributed by atoms with E-state index in [2.05, 4.69) is 46.8 Å². The van der Waals surface area contributed by atoms with Gasteiger partial charge in [0, 0.05) is 17.5 Å². The van der Waals surface area contributed by atoms with Gasteiger partial charge in [-0.2, -0.15) is 0 Å². The van der Waals surface area contributed by atoms with Gasteiger partial charge in [0.1, 0.15) is 5.75 Å². The molecule has 1 aromatic heterocycles. The van der Waals surface area contributed by atoms with Crippen molar-refractivity contribution < 1.29 is 19.0 Å². The van der Waals surface area contributed by atoms with E-state index >= 15 is 0 Å². The number of benzene rings is 2. The molecule has 3 aromatic rings. The molecule has 1 N–H and O–H groups in total. The van der Waals surface area contributed by atoms with Crippen LogP contribution in [-0.2, 0) is 17.8 Å². The van der Waals surface area contributed by atoms with Crippen molar-refractivity contribution in [3.63, 3.8) is 0 Å². The van der Waals surface area contributed by atoms with Gasteiger partial charge in [0.25, 0.3) is 0 Å². The molecule has 4 rings (SSSR count). The molecule has 174 valence electrons. The number of carbonyl (C=O) groups excluding carboxylic acids is 1. The standard InChI is InChI=1S/C26H30N2O4S/c1-18(13-23-5-4-12-33-23)28(15-20-6-9-22(30-3)10-7-20)16-26(29)27-19(2)21-8-11-24-25(14-21)32-17-31-24/h4-12,14,18-19H,13,15-17H2,1-3H3,(H,27,29). The Bertz CT molecular complexity index is 1050. The maximum Gasteiger partial charge on any atom is 0.234 e. The van der Waals surface area contributed by atoms with Gasteiger partial charge >= 0.3 is 0 Å². The van der Waals surface area contributed by atoms with E-state index in [1.807, 2.05) is 37.3 Å². The van der Waals surface area contributed by atoms with Gasteiger partial charge < -0.3 is 19.5 Å². The average Bonchev–Trinajstić information content (AvgIpc) is 3.50. The molecule has 0 saturated carbocycles. The Morgan fingerprint density at radius 3 is 2.64 bits per heavy atom. The van der Waals surface area contributed by atoms with Crippen LogP contribution >= 0.6 is 11.3 Å². The third-order valence-electron chi connectivity index (χ3n) is 5.87. The van der Waals surface area contributed by atoms with Gasteiger partial charge in [-0.1, -0.05) is 24.3 Å². The maximum absolute atomic E-state index is 13.0. The topological polar surface area (TPSA) is 60.0 Å². The monoisotopic (exact) mass is 466 g/mol. The second-order valence-electron chi connectivity index (χ2n) is 8.29. The summed E-state index contributed by atoms with van der Waals surface area (Å²) in [5, 5.41) is 5.23. The SMILES string of the molecule is COc1ccc(CN(CC(=O)NC(C)c2ccc3c(c2)OCO3)C(C)Cc2cccs2)cc1. The molecule has 2 atom stereocenters. The molecule has 1 amide bonds. The fraction of sp³-hybridized carbons (Fsp3) is 0.346. The highest BCUT2D eigenvalue weighted by molar-refractivity contribution is 7.09. The van der Waals surface area contributed by atoms with Crippen LogP contribution in [0.3, 0.4) is 0 Å². The van der Waals surface area contributed by atoms with Crippen molar-refractivity contribution in [3.05, 3.63) is 76.0 Å². The highest BCUT2D eigenvalue weighted by Crippen LogP contribution is 2.34. The zero-order valence-electron chi connectivity index (χ0n) is 19.2. The summed E-state index contributed by atoms with van der Waals surface area (Å²) >= 11 is 1.75. The highest BCUT2D eigenvalue weighted by atomic mass is 32.1. The van der Waals surface area contributed by atoms with Gasteiger partial charge in [0.2, 0.25) is 12.7 Å². The van der Waals surface area contributed by atoms with Crippen molar-refractivity contribution in [3.8, 4) is 17.2 Å².